The standard InChI is InChI=1S/C19H20Br2N6O2/c20-14-8-4-12(5-9-14)16(24-26-18(22)28)2-1-3-17(25-27-19(23)29)13-6-10-15(21)11-7-13/h4-11H,1-3H2,(H3,22,26,28)(H3,23,27,29)/b24-16-,25-17-. The van der Waals surface area contributed by atoms with Gasteiger partial charge in [-0.15, -0.1) is 0 Å². The number of carbonyl (C=O) groups excluding carboxylic acids is 2. The number of nitrogens with zero attached hydrogens (tertiary/aromatic N) is 2. The van der Waals surface area contributed by atoms with Gasteiger partial charge in [0.2, 0.25) is 0 Å². The summed E-state index contributed by atoms with van der Waals surface area (Å²) in [5.74, 6) is 0. The second-order valence-electron chi connectivity index (χ2n) is 5.94. The molecule has 0 radical (unpaired) electrons. The van der Waals surface area contributed by atoms with E-state index in [4.69, 9.17) is 11.5 Å². The quantitative estimate of drug-likeness (QED) is 0.309. The van der Waals surface area contributed by atoms with E-state index >= 15 is 0 Å². The summed E-state index contributed by atoms with van der Waals surface area (Å²) in [5.41, 5.74) is 17.9. The second-order valence-corrected chi connectivity index (χ2v) is 7.77. The number of hydrogen-bond acceptors (Lipinski definition) is 4. The second kappa shape index (κ2) is 11.3. The predicted molar refractivity (Wildman–Crippen MR) is 121 cm³/mol. The average molecular weight is 524 g/mol. The van der Waals surface area contributed by atoms with Crippen molar-refractivity contribution in [3.63, 3.8) is 0 Å². The van der Waals surface area contributed by atoms with E-state index in [-0.39, 0.29) is 0 Å². The molecule has 8 nitrogen and oxygen atoms in total. The maximum atomic E-state index is 11.1. The summed E-state index contributed by atoms with van der Waals surface area (Å²) in [5, 5.41) is 8.24. The van der Waals surface area contributed by atoms with Gasteiger partial charge in [-0.3, -0.25) is 0 Å². The number of nitrogens with one attached hydrogen (secondary N) is 2. The van der Waals surface area contributed by atoms with Crippen LogP contribution in [0, 0.1) is 0 Å². The number of amides is 4. The van der Waals surface area contributed by atoms with Crippen molar-refractivity contribution in [3.05, 3.63) is 68.6 Å². The van der Waals surface area contributed by atoms with Gasteiger partial charge in [0.15, 0.2) is 0 Å². The van der Waals surface area contributed by atoms with E-state index in [1.165, 1.54) is 0 Å². The smallest absolute Gasteiger partial charge is 0.332 e. The van der Waals surface area contributed by atoms with Gasteiger partial charge in [0.25, 0.3) is 0 Å². The van der Waals surface area contributed by atoms with Crippen molar-refractivity contribution in [2.24, 2.45) is 21.7 Å². The van der Waals surface area contributed by atoms with Gasteiger partial charge >= 0.3 is 12.1 Å². The maximum Gasteiger partial charge on any atom is 0.332 e. The molecular weight excluding hydrogens is 504 g/mol. The van der Waals surface area contributed by atoms with Crippen LogP contribution in [0.25, 0.3) is 0 Å². The molecule has 0 fully saturated rings. The minimum absolute atomic E-state index is 0.550. The lowest BCUT2D eigenvalue weighted by atomic mass is 10.0. The molecule has 0 unspecified atom stereocenters. The van der Waals surface area contributed by atoms with Crippen molar-refractivity contribution < 1.29 is 9.59 Å². The van der Waals surface area contributed by atoms with Crippen LogP contribution in [0.5, 0.6) is 0 Å². The van der Waals surface area contributed by atoms with E-state index in [0.717, 1.165) is 20.1 Å². The molecule has 10 heteroatoms. The Bertz CT molecular complexity index is 836. The van der Waals surface area contributed by atoms with E-state index < -0.39 is 12.1 Å². The minimum Gasteiger partial charge on any atom is -0.350 e. The van der Waals surface area contributed by atoms with Gasteiger partial charge in [0.05, 0.1) is 11.4 Å². The van der Waals surface area contributed by atoms with E-state index in [1.807, 2.05) is 48.5 Å². The largest absolute Gasteiger partial charge is 0.350 e. The Morgan fingerprint density at radius 3 is 1.38 bits per heavy atom. The zero-order chi connectivity index (χ0) is 21.2. The fraction of sp³-hybridized carbons (Fsp3) is 0.158. The molecule has 0 spiro atoms. The molecule has 2 rings (SSSR count). The molecule has 2 aromatic carbocycles. The third-order valence-electron chi connectivity index (χ3n) is 3.78. The van der Waals surface area contributed by atoms with Crippen molar-refractivity contribution in [2.45, 2.75) is 19.3 Å². The Kier molecular flexibility index (Phi) is 8.81. The third-order valence-corrected chi connectivity index (χ3v) is 4.84. The number of halogens is 2. The third kappa shape index (κ3) is 8.04. The highest BCUT2D eigenvalue weighted by Gasteiger charge is 2.09. The van der Waals surface area contributed by atoms with Crippen molar-refractivity contribution in [3.8, 4) is 0 Å². The van der Waals surface area contributed by atoms with E-state index in [9.17, 15) is 9.59 Å². The number of primary amides is 2. The number of rotatable bonds is 8. The van der Waals surface area contributed by atoms with Crippen LogP contribution in [0.1, 0.15) is 30.4 Å². The van der Waals surface area contributed by atoms with Crippen LogP contribution in [0.2, 0.25) is 0 Å². The summed E-state index contributed by atoms with van der Waals surface area (Å²) in [6, 6.07) is 13.7. The molecule has 0 atom stereocenters. The zero-order valence-corrected chi connectivity index (χ0v) is 18.5. The topological polar surface area (TPSA) is 135 Å². The van der Waals surface area contributed by atoms with Gasteiger partial charge in [0.1, 0.15) is 0 Å². The lowest BCUT2D eigenvalue weighted by molar-refractivity contribution is 0.248. The van der Waals surface area contributed by atoms with Gasteiger partial charge in [0, 0.05) is 8.95 Å². The van der Waals surface area contributed by atoms with Crippen LogP contribution in [0.4, 0.5) is 9.59 Å². The average Bonchev–Trinajstić information content (AvgIpc) is 2.68. The van der Waals surface area contributed by atoms with E-state index in [2.05, 4.69) is 52.9 Å². The van der Waals surface area contributed by atoms with Gasteiger partial charge in [-0.25, -0.2) is 20.4 Å². The molecule has 4 amide bonds. The van der Waals surface area contributed by atoms with Crippen LogP contribution in [-0.4, -0.2) is 23.5 Å². The molecule has 0 heterocycles. The lowest BCUT2D eigenvalue weighted by Crippen LogP contribution is -2.26. The molecule has 2 aromatic rings. The zero-order valence-electron chi connectivity index (χ0n) is 15.4. The van der Waals surface area contributed by atoms with Crippen molar-refractivity contribution >= 4 is 55.3 Å². The van der Waals surface area contributed by atoms with Crippen molar-refractivity contribution in [1.82, 2.24) is 10.9 Å². The monoisotopic (exact) mass is 522 g/mol. The predicted octanol–water partition coefficient (Wildman–Crippen LogP) is 3.83. The van der Waals surface area contributed by atoms with Crippen LogP contribution in [-0.2, 0) is 0 Å². The van der Waals surface area contributed by atoms with E-state index in [0.29, 0.717) is 30.7 Å². The first kappa shape index (κ1) is 22.6. The number of hydrazone groups is 2. The highest BCUT2D eigenvalue weighted by atomic mass is 79.9. The fourth-order valence-electron chi connectivity index (χ4n) is 2.48. The molecule has 6 N–H and O–H groups in total. The number of hydrogen-bond donors (Lipinski definition) is 4. The highest BCUT2D eigenvalue weighted by Crippen LogP contribution is 2.16. The van der Waals surface area contributed by atoms with Gasteiger partial charge in [-0.1, -0.05) is 56.1 Å². The first-order valence-electron chi connectivity index (χ1n) is 8.61. The van der Waals surface area contributed by atoms with Crippen molar-refractivity contribution in [2.75, 3.05) is 0 Å². The van der Waals surface area contributed by atoms with Crippen LogP contribution < -0.4 is 22.3 Å². The number of urea groups is 2. The molecule has 0 aliphatic carbocycles. The Labute approximate surface area is 185 Å². The van der Waals surface area contributed by atoms with Gasteiger partial charge in [-0.2, -0.15) is 10.2 Å². The molecule has 0 bridgehead atoms. The van der Waals surface area contributed by atoms with Crippen LogP contribution in [0.15, 0.2) is 67.7 Å². The van der Waals surface area contributed by atoms with Crippen LogP contribution >= 0.6 is 31.9 Å². The Morgan fingerprint density at radius 1 is 0.724 bits per heavy atom. The molecule has 0 saturated heterocycles. The van der Waals surface area contributed by atoms with Crippen LogP contribution in [0.3, 0.4) is 0 Å². The first-order valence-corrected chi connectivity index (χ1v) is 10.2. The molecule has 0 aromatic heterocycles. The molecule has 0 aliphatic heterocycles. The molecule has 152 valence electrons. The summed E-state index contributed by atoms with van der Waals surface area (Å²) >= 11 is 6.79. The molecule has 29 heavy (non-hydrogen) atoms. The fourth-order valence-corrected chi connectivity index (χ4v) is 3.01. The van der Waals surface area contributed by atoms with E-state index in [1.54, 1.807) is 0 Å². The van der Waals surface area contributed by atoms with Gasteiger partial charge in [-0.05, 0) is 54.7 Å². The summed E-state index contributed by atoms with van der Waals surface area (Å²) in [7, 11) is 0. The molecule has 0 saturated carbocycles. The maximum absolute atomic E-state index is 11.1. The number of carbonyl (C=O) groups is 2. The highest BCUT2D eigenvalue weighted by molar-refractivity contribution is 9.10. The first-order chi connectivity index (χ1) is 13.8. The summed E-state index contributed by atoms with van der Waals surface area (Å²) < 4.78 is 1.87. The number of benzene rings is 2. The molecular formula is C19H20Br2N6O2. The summed E-state index contributed by atoms with van der Waals surface area (Å²) in [6.07, 6.45) is 1.76. The summed E-state index contributed by atoms with van der Waals surface area (Å²) in [4.78, 5) is 22.1. The number of nitrogens with two attached hydrogens (primary N) is 2. The minimum atomic E-state index is -0.734. The lowest BCUT2D eigenvalue weighted by Gasteiger charge is -2.10. The van der Waals surface area contributed by atoms with Gasteiger partial charge < -0.3 is 11.5 Å². The molecule has 0 aliphatic rings. The SMILES string of the molecule is NC(=O)N/N=C(/CCC/C(=N/NC(N)=O)c1ccc(Br)cc1)c1ccc(Br)cc1. The Balaban J connectivity index is 2.14. The Morgan fingerprint density at radius 2 is 1.07 bits per heavy atom. The summed E-state index contributed by atoms with van der Waals surface area (Å²) in [6.45, 7) is 0. The normalized spacial score (nSPS) is 11.8. The van der Waals surface area contributed by atoms with Crippen molar-refractivity contribution in [1.29, 1.82) is 0 Å². The Hall–Kier alpha value is -2.72.